The van der Waals surface area contributed by atoms with Gasteiger partial charge in [0.25, 0.3) is 0 Å². The maximum Gasteiger partial charge on any atom is 0.0559 e. The smallest absolute Gasteiger partial charge is 0.0559 e. The van der Waals surface area contributed by atoms with Crippen LogP contribution in [-0.4, -0.2) is 11.1 Å². The van der Waals surface area contributed by atoms with Gasteiger partial charge in [-0.05, 0) is 24.1 Å². The summed E-state index contributed by atoms with van der Waals surface area (Å²) < 4.78 is 2.32. The van der Waals surface area contributed by atoms with Crippen LogP contribution in [0, 0.1) is 0 Å². The summed E-state index contributed by atoms with van der Waals surface area (Å²) in [7, 11) is 0. The van der Waals surface area contributed by atoms with Crippen LogP contribution >= 0.6 is 0 Å². The van der Waals surface area contributed by atoms with Crippen molar-refractivity contribution in [1.29, 1.82) is 0 Å². The molecule has 1 aromatic heterocycles. The van der Waals surface area contributed by atoms with Crippen molar-refractivity contribution in [2.75, 3.05) is 6.54 Å². The molecule has 0 aliphatic carbocycles. The molecule has 0 amide bonds. The zero-order valence-electron chi connectivity index (χ0n) is 8.61. The maximum absolute atomic E-state index is 5.63. The minimum atomic E-state index is 0.719. The number of allylic oxidation sites excluding steroid dienone is 1. The molecule has 0 radical (unpaired) electrons. The summed E-state index contributed by atoms with van der Waals surface area (Å²) in [6, 6.07) is 6.48. The van der Waals surface area contributed by atoms with Crippen molar-refractivity contribution in [2.45, 2.75) is 13.0 Å². The van der Waals surface area contributed by atoms with Gasteiger partial charge in [-0.15, -0.1) is 0 Å². The molecule has 2 nitrogen and oxygen atoms in total. The number of para-hydroxylation sites is 1. The van der Waals surface area contributed by atoms with Crippen LogP contribution < -0.4 is 5.73 Å². The first-order valence-electron chi connectivity index (χ1n) is 5.37. The highest BCUT2D eigenvalue weighted by Crippen LogP contribution is 2.28. The fraction of sp³-hybridized carbons (Fsp3) is 0.231. The molecule has 2 heterocycles. The molecule has 3 rings (SSSR count). The summed E-state index contributed by atoms with van der Waals surface area (Å²) in [4.78, 5) is 0. The van der Waals surface area contributed by atoms with Crippen LogP contribution in [0.5, 0.6) is 0 Å². The van der Waals surface area contributed by atoms with Gasteiger partial charge >= 0.3 is 0 Å². The molecule has 0 bridgehead atoms. The van der Waals surface area contributed by atoms with Crippen molar-refractivity contribution in [3.05, 3.63) is 41.6 Å². The lowest BCUT2D eigenvalue weighted by Crippen LogP contribution is -2.02. The van der Waals surface area contributed by atoms with Crippen LogP contribution in [0.15, 0.2) is 30.5 Å². The van der Waals surface area contributed by atoms with E-state index in [9.17, 15) is 0 Å². The molecular weight excluding hydrogens is 184 g/mol. The Morgan fingerprint density at radius 3 is 3.13 bits per heavy atom. The Labute approximate surface area is 89.0 Å². The second-order valence-corrected chi connectivity index (χ2v) is 3.99. The number of rotatable bonds is 2. The number of hydrogen-bond acceptors (Lipinski definition) is 1. The summed E-state index contributed by atoms with van der Waals surface area (Å²) in [6.45, 7) is 1.70. The molecule has 0 saturated heterocycles. The highest BCUT2D eigenvalue weighted by molar-refractivity contribution is 5.92. The van der Waals surface area contributed by atoms with Crippen LogP contribution in [0.1, 0.15) is 11.1 Å². The molecule has 2 aromatic rings. The van der Waals surface area contributed by atoms with Gasteiger partial charge < -0.3 is 10.3 Å². The van der Waals surface area contributed by atoms with E-state index in [0.29, 0.717) is 0 Å². The first kappa shape index (κ1) is 8.74. The van der Waals surface area contributed by atoms with Crippen molar-refractivity contribution in [1.82, 2.24) is 4.57 Å². The molecule has 2 heteroatoms. The lowest BCUT2D eigenvalue weighted by atomic mass is 10.1. The average molecular weight is 198 g/mol. The Kier molecular flexibility index (Phi) is 1.89. The van der Waals surface area contributed by atoms with Crippen molar-refractivity contribution in [2.24, 2.45) is 5.73 Å². The molecule has 0 spiro atoms. The summed E-state index contributed by atoms with van der Waals surface area (Å²) in [5.41, 5.74) is 9.69. The first-order chi connectivity index (χ1) is 7.40. The van der Waals surface area contributed by atoms with Crippen LogP contribution in [-0.2, 0) is 13.0 Å². The van der Waals surface area contributed by atoms with E-state index in [-0.39, 0.29) is 0 Å². The maximum atomic E-state index is 5.63. The standard InChI is InChI=1S/C13H14N2/c14-7-6-11-9-15-8-2-4-10-3-1-5-12(11)13(10)15/h1-5,9H,6-8,14H2. The van der Waals surface area contributed by atoms with Crippen molar-refractivity contribution >= 4 is 17.0 Å². The Hall–Kier alpha value is -1.54. The van der Waals surface area contributed by atoms with Crippen LogP contribution in [0.4, 0.5) is 0 Å². The summed E-state index contributed by atoms with van der Waals surface area (Å²) >= 11 is 0. The Balaban J connectivity index is 2.32. The Bertz CT molecular complexity index is 535. The molecule has 2 N–H and O–H groups in total. The van der Waals surface area contributed by atoms with E-state index < -0.39 is 0 Å². The van der Waals surface area contributed by atoms with Crippen molar-refractivity contribution in [3.8, 4) is 0 Å². The number of aromatic nitrogens is 1. The van der Waals surface area contributed by atoms with Crippen LogP contribution in [0.3, 0.4) is 0 Å². The largest absolute Gasteiger partial charge is 0.343 e. The molecule has 0 unspecified atom stereocenters. The van der Waals surface area contributed by atoms with Gasteiger partial charge in [0, 0.05) is 18.1 Å². The number of benzene rings is 1. The quantitative estimate of drug-likeness (QED) is 0.787. The first-order valence-corrected chi connectivity index (χ1v) is 5.37. The molecule has 1 aromatic carbocycles. The van der Waals surface area contributed by atoms with E-state index in [4.69, 9.17) is 5.73 Å². The number of nitrogens with two attached hydrogens (primary N) is 1. The molecular formula is C13H14N2. The van der Waals surface area contributed by atoms with E-state index in [2.05, 4.69) is 41.1 Å². The average Bonchev–Trinajstić information content (AvgIpc) is 2.61. The lowest BCUT2D eigenvalue weighted by Gasteiger charge is -2.09. The summed E-state index contributed by atoms with van der Waals surface area (Å²) in [5.74, 6) is 0. The predicted octanol–water partition coefficient (Wildman–Crippen LogP) is 2.17. The molecule has 0 atom stereocenters. The normalized spacial score (nSPS) is 13.7. The predicted molar refractivity (Wildman–Crippen MR) is 63.7 cm³/mol. The molecule has 0 saturated carbocycles. The van der Waals surface area contributed by atoms with Gasteiger partial charge in [0.2, 0.25) is 0 Å². The highest BCUT2D eigenvalue weighted by atomic mass is 15.0. The molecule has 15 heavy (non-hydrogen) atoms. The minimum Gasteiger partial charge on any atom is -0.343 e. The molecule has 1 aliphatic rings. The second-order valence-electron chi connectivity index (χ2n) is 3.99. The minimum absolute atomic E-state index is 0.719. The van der Waals surface area contributed by atoms with Gasteiger partial charge in [-0.25, -0.2) is 0 Å². The topological polar surface area (TPSA) is 30.9 Å². The summed E-state index contributed by atoms with van der Waals surface area (Å²) in [5, 5.41) is 1.36. The number of hydrogen-bond donors (Lipinski definition) is 1. The van der Waals surface area contributed by atoms with E-state index >= 15 is 0 Å². The third-order valence-electron chi connectivity index (χ3n) is 3.03. The van der Waals surface area contributed by atoms with Crippen LogP contribution in [0.2, 0.25) is 0 Å². The third-order valence-corrected chi connectivity index (χ3v) is 3.03. The van der Waals surface area contributed by atoms with E-state index in [1.165, 1.54) is 22.0 Å². The Morgan fingerprint density at radius 1 is 1.33 bits per heavy atom. The van der Waals surface area contributed by atoms with Gasteiger partial charge in [-0.1, -0.05) is 30.4 Å². The van der Waals surface area contributed by atoms with Gasteiger partial charge in [0.1, 0.15) is 0 Å². The highest BCUT2D eigenvalue weighted by Gasteiger charge is 2.11. The zero-order valence-corrected chi connectivity index (χ0v) is 8.61. The number of nitrogens with zero attached hydrogens (tertiary/aromatic N) is 1. The third kappa shape index (κ3) is 1.22. The van der Waals surface area contributed by atoms with Gasteiger partial charge in [-0.3, -0.25) is 0 Å². The van der Waals surface area contributed by atoms with E-state index in [0.717, 1.165) is 19.5 Å². The lowest BCUT2D eigenvalue weighted by molar-refractivity contribution is 0.847. The molecule has 1 aliphatic heterocycles. The second kappa shape index (κ2) is 3.24. The van der Waals surface area contributed by atoms with Gasteiger partial charge in [0.05, 0.1) is 5.52 Å². The fourth-order valence-electron chi connectivity index (χ4n) is 2.39. The zero-order chi connectivity index (χ0) is 10.3. The monoisotopic (exact) mass is 198 g/mol. The Morgan fingerprint density at radius 2 is 2.27 bits per heavy atom. The SMILES string of the molecule is NCCc1cn2c3c(cccc13)C=CC2. The van der Waals surface area contributed by atoms with Crippen molar-refractivity contribution in [3.63, 3.8) is 0 Å². The van der Waals surface area contributed by atoms with E-state index in [1.807, 2.05) is 0 Å². The van der Waals surface area contributed by atoms with Gasteiger partial charge in [0.15, 0.2) is 0 Å². The summed E-state index contributed by atoms with van der Waals surface area (Å²) in [6.07, 6.45) is 7.61. The van der Waals surface area contributed by atoms with Crippen LogP contribution in [0.25, 0.3) is 17.0 Å². The fourth-order valence-corrected chi connectivity index (χ4v) is 2.39. The van der Waals surface area contributed by atoms with Gasteiger partial charge in [-0.2, -0.15) is 0 Å². The molecule has 0 fully saturated rings. The van der Waals surface area contributed by atoms with Crippen molar-refractivity contribution < 1.29 is 0 Å². The van der Waals surface area contributed by atoms with E-state index in [1.54, 1.807) is 0 Å². The molecule has 76 valence electrons.